The first-order valence-electron chi connectivity index (χ1n) is 24.6. The molecule has 3 nitrogen and oxygen atoms in total. The number of benzene rings is 9. The molecule has 0 spiro atoms. The fourth-order valence-electron chi connectivity index (χ4n) is 14.4. The van der Waals surface area contributed by atoms with E-state index in [1.807, 2.05) is 29.2 Å². The van der Waals surface area contributed by atoms with Gasteiger partial charge in [-0.15, -0.1) is 0 Å². The molecule has 0 saturated carbocycles. The Morgan fingerprint density at radius 1 is 0.342 bits per heavy atom. The predicted molar refractivity (Wildman–Crippen MR) is 290 cm³/mol. The molecule has 9 aromatic carbocycles. The quantitative estimate of drug-likeness (QED) is 0.125. The number of rotatable bonds is 1. The molecule has 0 N–H and O–H groups in total. The first-order chi connectivity index (χ1) is 35.3. The molecular formula is C59H35B4F6N3S. The molecule has 0 aliphatic carbocycles. The van der Waals surface area contributed by atoms with E-state index in [4.69, 9.17) is 0 Å². The van der Waals surface area contributed by atoms with Gasteiger partial charge in [0.1, 0.15) is 0 Å². The fraction of sp³-hybridized carbons (Fsp3) is 0.0847. The molecule has 16 rings (SSSR count). The molecule has 0 amide bonds. The van der Waals surface area contributed by atoms with Gasteiger partial charge in [0.2, 0.25) is 6.71 Å². The summed E-state index contributed by atoms with van der Waals surface area (Å²) in [7, 11) is 0. The molecule has 7 aliphatic heterocycles. The number of hydrogen-bond acceptors (Lipinski definition) is 4. The van der Waals surface area contributed by atoms with Gasteiger partial charge in [-0.3, -0.25) is 0 Å². The summed E-state index contributed by atoms with van der Waals surface area (Å²) >= 11 is 1.73. The molecule has 0 bridgehead atoms. The lowest BCUT2D eigenvalue weighted by molar-refractivity contribution is -0.138. The Kier molecular flexibility index (Phi) is 8.07. The van der Waals surface area contributed by atoms with E-state index in [1.54, 1.807) is 23.9 Å². The van der Waals surface area contributed by atoms with Crippen molar-refractivity contribution in [2.24, 2.45) is 0 Å². The summed E-state index contributed by atoms with van der Waals surface area (Å²) in [6.07, 6.45) is -9.33. The van der Waals surface area contributed by atoms with Crippen molar-refractivity contribution in [3.63, 3.8) is 0 Å². The second-order valence-corrected chi connectivity index (χ2v) is 21.7. The summed E-state index contributed by atoms with van der Waals surface area (Å²) in [5.41, 5.74) is 20.4. The van der Waals surface area contributed by atoms with Gasteiger partial charge in [-0.25, -0.2) is 0 Å². The van der Waals surface area contributed by atoms with E-state index in [0.717, 1.165) is 105 Å². The van der Waals surface area contributed by atoms with Crippen LogP contribution in [0.4, 0.5) is 77.5 Å². The Hall–Kier alpha value is -7.43. The van der Waals surface area contributed by atoms with Crippen molar-refractivity contribution in [2.45, 2.75) is 42.9 Å². The Morgan fingerprint density at radius 2 is 0.726 bits per heavy atom. The molecule has 0 unspecified atom stereocenters. The van der Waals surface area contributed by atoms with Gasteiger partial charge >= 0.3 is 12.4 Å². The lowest BCUT2D eigenvalue weighted by Crippen LogP contribution is -2.75. The van der Waals surface area contributed by atoms with Crippen LogP contribution in [0, 0.1) is 20.8 Å². The van der Waals surface area contributed by atoms with Crippen LogP contribution in [0.3, 0.4) is 0 Å². The van der Waals surface area contributed by atoms with Crippen LogP contribution in [0.25, 0.3) is 0 Å². The number of fused-ring (bicyclic) bond motifs is 20. The van der Waals surface area contributed by atoms with Crippen molar-refractivity contribution >= 4 is 155 Å². The Balaban J connectivity index is 1.10. The summed E-state index contributed by atoms with van der Waals surface area (Å²) in [5.74, 6) is 0. The van der Waals surface area contributed by atoms with E-state index in [1.165, 1.54) is 39.7 Å². The van der Waals surface area contributed by atoms with Gasteiger partial charge in [0.05, 0.1) is 11.1 Å². The predicted octanol–water partition coefficient (Wildman–Crippen LogP) is 7.47. The average Bonchev–Trinajstić information content (AvgIpc) is 3.38. The van der Waals surface area contributed by atoms with Crippen molar-refractivity contribution in [1.82, 2.24) is 0 Å². The fourth-order valence-corrected chi connectivity index (χ4v) is 15.5. The monoisotopic (exact) mass is 975 g/mol. The summed E-state index contributed by atoms with van der Waals surface area (Å²) in [4.78, 5) is 8.96. The molecule has 9 aromatic rings. The molecular weight excluding hydrogens is 940 g/mol. The molecule has 0 atom stereocenters. The second-order valence-electron chi connectivity index (χ2n) is 20.6. The smallest absolute Gasteiger partial charge is 0.312 e. The van der Waals surface area contributed by atoms with E-state index >= 15 is 26.3 Å². The van der Waals surface area contributed by atoms with Gasteiger partial charge in [0.15, 0.2) is 0 Å². The van der Waals surface area contributed by atoms with Gasteiger partial charge < -0.3 is 14.7 Å². The van der Waals surface area contributed by atoms with Gasteiger partial charge in [0.25, 0.3) is 20.1 Å². The Bertz CT molecular complexity index is 4040. The minimum atomic E-state index is -4.68. The maximum Gasteiger partial charge on any atom is 0.416 e. The first kappa shape index (κ1) is 42.1. The highest BCUT2D eigenvalue weighted by Crippen LogP contribution is 2.52. The SMILES string of the molecule is Cc1cc(C)c(B2c3ccccc3Sc3cc4c(cc32)B2c3cc(C(F)(F)F)ccc3N3c5ccc(C(F)(F)F)cc5B5c6ccccc6N6c7ccccc7B7c8ccccc8N4c4c7c6c5c3c42)c(C)c1. The topological polar surface area (TPSA) is 9.72 Å². The Labute approximate surface area is 422 Å². The lowest BCUT2D eigenvalue weighted by Gasteiger charge is -2.56. The number of para-hydroxylation sites is 3. The zero-order chi connectivity index (χ0) is 49.3. The van der Waals surface area contributed by atoms with Crippen LogP contribution in [0.15, 0.2) is 168 Å². The number of nitrogens with zero attached hydrogens (tertiary/aromatic N) is 3. The molecule has 346 valence electrons. The van der Waals surface area contributed by atoms with Crippen LogP contribution in [-0.4, -0.2) is 26.9 Å². The lowest BCUT2D eigenvalue weighted by atomic mass is 9.24. The van der Waals surface area contributed by atoms with E-state index in [2.05, 4.69) is 128 Å². The number of alkyl halides is 6. The summed E-state index contributed by atoms with van der Waals surface area (Å²) < 4.78 is 91.4. The van der Waals surface area contributed by atoms with E-state index in [9.17, 15) is 0 Å². The molecule has 7 aliphatic rings. The van der Waals surface area contributed by atoms with Gasteiger partial charge in [0, 0.05) is 61.0 Å². The normalized spacial score (nSPS) is 15.2. The van der Waals surface area contributed by atoms with E-state index in [0.29, 0.717) is 22.3 Å². The van der Waals surface area contributed by atoms with Crippen molar-refractivity contribution in [3.05, 3.63) is 186 Å². The zero-order valence-corrected chi connectivity index (χ0v) is 40.2. The standard InChI is InChI=1S/C59H35B4F6N3S/c1-30-24-31(2)51(32(3)25-30)62-38-15-7-11-19-49(38)73-50-29-48-41(28-42(50)62)63-40-27-34(59(67,68)69)21-23-47(40)71-46-22-20-33(58(64,65)66)26-39(46)61-37-14-6-9-17-44(37)70-43-16-8-4-12-35(43)60-36-13-5-10-18-45(36)72(48)57-52(60)55(70)53(61)56(71)54(57)63/h4-29H,1-3H3. The number of halogens is 6. The highest BCUT2D eigenvalue weighted by Gasteiger charge is 2.58. The van der Waals surface area contributed by atoms with Crippen molar-refractivity contribution in [2.75, 3.05) is 14.7 Å². The number of hydrogen-bond donors (Lipinski definition) is 0. The van der Waals surface area contributed by atoms with Crippen molar-refractivity contribution < 1.29 is 26.3 Å². The summed E-state index contributed by atoms with van der Waals surface area (Å²) in [5, 5.41) is 0. The van der Waals surface area contributed by atoms with Crippen molar-refractivity contribution in [3.8, 4) is 0 Å². The van der Waals surface area contributed by atoms with Gasteiger partial charge in [-0.2, -0.15) is 26.3 Å². The van der Waals surface area contributed by atoms with Crippen LogP contribution in [0.2, 0.25) is 0 Å². The second kappa shape index (κ2) is 14.0. The van der Waals surface area contributed by atoms with Gasteiger partial charge in [-0.05, 0) is 125 Å². The van der Waals surface area contributed by atoms with Crippen molar-refractivity contribution in [1.29, 1.82) is 0 Å². The summed E-state index contributed by atoms with van der Waals surface area (Å²) in [6, 6.07) is 50.5. The maximum atomic E-state index is 15.4. The van der Waals surface area contributed by atoms with Crippen LogP contribution in [0.5, 0.6) is 0 Å². The van der Waals surface area contributed by atoms with Crippen LogP contribution in [0.1, 0.15) is 27.8 Å². The average molecular weight is 975 g/mol. The molecule has 7 heterocycles. The zero-order valence-electron chi connectivity index (χ0n) is 39.3. The van der Waals surface area contributed by atoms with Crippen LogP contribution in [-0.2, 0) is 12.4 Å². The van der Waals surface area contributed by atoms with E-state index < -0.39 is 36.9 Å². The Morgan fingerprint density at radius 3 is 1.22 bits per heavy atom. The molecule has 0 radical (unpaired) electrons. The van der Waals surface area contributed by atoms with Crippen LogP contribution < -0.4 is 80.3 Å². The van der Waals surface area contributed by atoms with Gasteiger partial charge in [-0.1, -0.05) is 148 Å². The van der Waals surface area contributed by atoms with Crippen LogP contribution >= 0.6 is 11.8 Å². The highest BCUT2D eigenvalue weighted by atomic mass is 32.2. The highest BCUT2D eigenvalue weighted by molar-refractivity contribution is 8.00. The largest absolute Gasteiger partial charge is 0.416 e. The minimum Gasteiger partial charge on any atom is -0.312 e. The minimum absolute atomic E-state index is 0.178. The molecule has 14 heteroatoms. The number of aryl methyl sites for hydroxylation is 3. The third-order valence-corrected chi connectivity index (χ3v) is 18.0. The number of anilines is 9. The maximum absolute atomic E-state index is 15.4. The molecule has 0 fully saturated rings. The molecule has 0 aromatic heterocycles. The summed E-state index contributed by atoms with van der Waals surface area (Å²) in [6.45, 7) is 4.62. The van der Waals surface area contributed by atoms with E-state index in [-0.39, 0.29) is 13.4 Å². The third-order valence-electron chi connectivity index (χ3n) is 16.8. The molecule has 73 heavy (non-hydrogen) atoms. The molecule has 0 saturated heterocycles. The third kappa shape index (κ3) is 5.29. The first-order valence-corrected chi connectivity index (χ1v) is 25.4.